The summed E-state index contributed by atoms with van der Waals surface area (Å²) in [6, 6.07) is 0. The lowest BCUT2D eigenvalue weighted by Gasteiger charge is -2.24. The maximum atomic E-state index is 12.7. The first-order valence-corrected chi connectivity index (χ1v) is 22.3. The number of unbranched alkanes of at least 4 members (excludes halogenated alkanes) is 9. The van der Waals surface area contributed by atoms with Gasteiger partial charge in [-0.3, -0.25) is 18.6 Å². The van der Waals surface area contributed by atoms with E-state index in [1.807, 2.05) is 33.3 Å². The van der Waals surface area contributed by atoms with Gasteiger partial charge < -0.3 is 24.0 Å². The number of likely N-dealkylation sites (N-methyl/N-ethyl adjacent to an activating group) is 1. The molecule has 0 radical (unpaired) electrons. The van der Waals surface area contributed by atoms with Crippen LogP contribution in [-0.2, 0) is 32.7 Å². The number of carbonyl (C=O) groups excluding carboxylic acids is 2. The Morgan fingerprint density at radius 1 is 0.673 bits per heavy atom. The van der Waals surface area contributed by atoms with E-state index >= 15 is 0 Å². The van der Waals surface area contributed by atoms with E-state index in [0.29, 0.717) is 30.3 Å². The van der Waals surface area contributed by atoms with E-state index in [9.17, 15) is 24.2 Å². The van der Waals surface area contributed by atoms with Gasteiger partial charge in [-0.15, -0.1) is 0 Å². The number of rotatable bonds is 36. The van der Waals surface area contributed by atoms with Crippen molar-refractivity contribution >= 4 is 19.8 Å². The minimum absolute atomic E-state index is 0.00482. The van der Waals surface area contributed by atoms with Crippen LogP contribution in [0.4, 0.5) is 0 Å². The van der Waals surface area contributed by atoms with Gasteiger partial charge in [-0.25, -0.2) is 4.57 Å². The molecule has 0 heterocycles. The first-order valence-electron chi connectivity index (χ1n) is 20.8. The van der Waals surface area contributed by atoms with Gasteiger partial charge in [0.1, 0.15) is 19.8 Å². The number of allylic oxidation sites excluding steroid dienone is 11. The van der Waals surface area contributed by atoms with Gasteiger partial charge in [0.25, 0.3) is 0 Å². The highest BCUT2D eigenvalue weighted by Crippen LogP contribution is 2.43. The molecule has 10 nitrogen and oxygen atoms in total. The van der Waals surface area contributed by atoms with Crippen LogP contribution < -0.4 is 0 Å². The number of esters is 2. The molecule has 0 amide bonds. The monoisotopic (exact) mass is 795 g/mol. The van der Waals surface area contributed by atoms with Crippen molar-refractivity contribution in [2.45, 2.75) is 148 Å². The summed E-state index contributed by atoms with van der Waals surface area (Å²) in [7, 11) is 1.34. The first kappa shape index (κ1) is 52.4. The molecule has 0 aromatic carbocycles. The van der Waals surface area contributed by atoms with Gasteiger partial charge in [0.2, 0.25) is 0 Å². The number of phosphoric ester groups is 1. The van der Waals surface area contributed by atoms with E-state index in [4.69, 9.17) is 18.5 Å². The van der Waals surface area contributed by atoms with Crippen molar-refractivity contribution < 1.29 is 47.2 Å². The minimum Gasteiger partial charge on any atom is -0.462 e. The Hall–Kier alpha value is -2.59. The van der Waals surface area contributed by atoms with Gasteiger partial charge in [0, 0.05) is 12.8 Å². The molecule has 0 aliphatic carbocycles. The predicted octanol–water partition coefficient (Wildman–Crippen LogP) is 10.4. The second kappa shape index (κ2) is 35.8. The highest BCUT2D eigenvalue weighted by molar-refractivity contribution is 7.47. The van der Waals surface area contributed by atoms with Gasteiger partial charge in [-0.2, -0.15) is 0 Å². The smallest absolute Gasteiger partial charge is 0.462 e. The van der Waals surface area contributed by atoms with E-state index in [2.05, 4.69) is 62.5 Å². The van der Waals surface area contributed by atoms with Crippen LogP contribution in [0.2, 0.25) is 0 Å². The fourth-order valence-electron chi connectivity index (χ4n) is 5.03. The second-order valence-corrected chi connectivity index (χ2v) is 16.3. The van der Waals surface area contributed by atoms with Crippen LogP contribution >= 0.6 is 7.82 Å². The topological polar surface area (TPSA) is 129 Å². The van der Waals surface area contributed by atoms with E-state index in [1.165, 1.54) is 25.7 Å². The molecule has 0 fully saturated rings. The molecule has 0 bridgehead atoms. The number of quaternary nitrogens is 1. The molecule has 2 N–H and O–H groups in total. The molecule has 316 valence electrons. The Labute approximate surface area is 334 Å². The van der Waals surface area contributed by atoms with Crippen molar-refractivity contribution in [2.75, 3.05) is 47.5 Å². The van der Waals surface area contributed by atoms with E-state index in [0.717, 1.165) is 64.2 Å². The minimum atomic E-state index is -4.43. The molecular weight excluding hydrogens is 717 g/mol. The van der Waals surface area contributed by atoms with Crippen molar-refractivity contribution in [3.05, 3.63) is 72.9 Å². The largest absolute Gasteiger partial charge is 0.472 e. The summed E-state index contributed by atoms with van der Waals surface area (Å²) in [6.45, 7) is 4.02. The average Bonchev–Trinajstić information content (AvgIpc) is 3.12. The second-order valence-electron chi connectivity index (χ2n) is 14.8. The molecule has 3 atom stereocenters. The van der Waals surface area contributed by atoms with Crippen molar-refractivity contribution in [1.82, 2.24) is 0 Å². The van der Waals surface area contributed by atoms with Crippen LogP contribution in [0.25, 0.3) is 0 Å². The molecule has 11 heteroatoms. The standard InChI is InChI=1S/C44H76NO9P/c1-6-8-10-12-14-16-18-20-22-24-26-28-30-33-41(46)34-32-36-44(48)54-42(40-53-55(49,50)52-38-37-45(3,4)5)39-51-43(47)35-31-29-27-25-23-21-19-17-15-13-11-9-7-2/h8,10,14,16-17,19-20,22,26,28,30,33,41-42,46H,6-7,9,11-13,15,18,21,23-25,27,29,31-32,34-40H2,1-5H3/p+1/b10-8-,16-14-,19-17-,22-20-,28-26-,33-30+. The predicted molar refractivity (Wildman–Crippen MR) is 225 cm³/mol. The highest BCUT2D eigenvalue weighted by atomic mass is 31.2. The maximum Gasteiger partial charge on any atom is 0.472 e. The molecular formula is C44H77NO9P+. The summed E-state index contributed by atoms with van der Waals surface area (Å²) in [5.74, 6) is -1.02. The summed E-state index contributed by atoms with van der Waals surface area (Å²) in [5.41, 5.74) is 0. The lowest BCUT2D eigenvalue weighted by atomic mass is 10.1. The summed E-state index contributed by atoms with van der Waals surface area (Å²) in [6.07, 6.45) is 39.8. The van der Waals surface area contributed by atoms with Gasteiger partial charge in [0.05, 0.1) is 33.9 Å². The molecule has 0 aliphatic rings. The number of nitrogens with zero attached hydrogens (tertiary/aromatic N) is 1. The number of hydrogen-bond acceptors (Lipinski definition) is 8. The Kier molecular flexibility index (Phi) is 34.1. The lowest BCUT2D eigenvalue weighted by Crippen LogP contribution is -2.37. The summed E-state index contributed by atoms with van der Waals surface area (Å²) in [4.78, 5) is 35.3. The number of phosphoric acid groups is 1. The van der Waals surface area contributed by atoms with Crippen LogP contribution in [0.3, 0.4) is 0 Å². The van der Waals surface area contributed by atoms with Crippen molar-refractivity contribution in [1.29, 1.82) is 0 Å². The summed E-state index contributed by atoms with van der Waals surface area (Å²) in [5, 5.41) is 10.3. The fraction of sp³-hybridized carbons (Fsp3) is 0.682. The van der Waals surface area contributed by atoms with Crippen LogP contribution in [0.1, 0.15) is 136 Å². The highest BCUT2D eigenvalue weighted by Gasteiger charge is 2.27. The van der Waals surface area contributed by atoms with Crippen LogP contribution in [0.15, 0.2) is 72.9 Å². The molecule has 0 rings (SSSR count). The zero-order valence-corrected chi connectivity index (χ0v) is 35.9. The molecule has 0 saturated heterocycles. The van der Waals surface area contributed by atoms with Crippen molar-refractivity contribution in [3.63, 3.8) is 0 Å². The molecule has 0 spiro atoms. The quantitative estimate of drug-likeness (QED) is 0.0159. The van der Waals surface area contributed by atoms with Gasteiger partial charge in [-0.05, 0) is 70.6 Å². The number of aliphatic hydroxyl groups excluding tert-OH is 1. The first-order chi connectivity index (χ1) is 26.4. The maximum absolute atomic E-state index is 12.7. The van der Waals surface area contributed by atoms with Gasteiger partial charge >= 0.3 is 19.8 Å². The molecule has 55 heavy (non-hydrogen) atoms. The number of hydrogen-bond donors (Lipinski definition) is 2. The molecule has 0 aliphatic heterocycles. The lowest BCUT2D eigenvalue weighted by molar-refractivity contribution is -0.870. The van der Waals surface area contributed by atoms with Crippen LogP contribution in [0, 0.1) is 0 Å². The Morgan fingerprint density at radius 2 is 1.25 bits per heavy atom. The number of aliphatic hydroxyl groups is 1. The van der Waals surface area contributed by atoms with Crippen LogP contribution in [0.5, 0.6) is 0 Å². The van der Waals surface area contributed by atoms with Crippen LogP contribution in [-0.4, -0.2) is 86.1 Å². The normalized spacial score (nSPS) is 15.0. The van der Waals surface area contributed by atoms with E-state index in [1.54, 1.807) is 12.2 Å². The van der Waals surface area contributed by atoms with Crippen molar-refractivity contribution in [2.24, 2.45) is 0 Å². The summed E-state index contributed by atoms with van der Waals surface area (Å²) >= 11 is 0. The average molecular weight is 795 g/mol. The van der Waals surface area contributed by atoms with Crippen molar-refractivity contribution in [3.8, 4) is 0 Å². The third kappa shape index (κ3) is 39.4. The van der Waals surface area contributed by atoms with Gasteiger partial charge in [0.15, 0.2) is 6.10 Å². The number of carbonyl (C=O) groups is 2. The molecule has 3 unspecified atom stereocenters. The molecule has 0 saturated carbocycles. The van der Waals surface area contributed by atoms with E-state index in [-0.39, 0.29) is 26.1 Å². The fourth-order valence-corrected chi connectivity index (χ4v) is 5.78. The summed E-state index contributed by atoms with van der Waals surface area (Å²) < 4.78 is 34.0. The number of ether oxygens (including phenoxy) is 2. The SMILES string of the molecule is CC/C=C\C/C=C\C/C=C\C/C=C\C=C\C(O)CCCC(=O)OC(COC(=O)CCCCCCC/C=C\CCCCCC)COP(=O)(O)OCC[N+](C)(C)C. The third-order valence-corrected chi connectivity index (χ3v) is 9.31. The van der Waals surface area contributed by atoms with E-state index < -0.39 is 38.6 Å². The third-order valence-electron chi connectivity index (χ3n) is 8.32. The Morgan fingerprint density at radius 3 is 1.89 bits per heavy atom. The molecule has 0 aromatic heterocycles. The van der Waals surface area contributed by atoms with Gasteiger partial charge in [-0.1, -0.05) is 125 Å². The Balaban J connectivity index is 4.64. The zero-order chi connectivity index (χ0) is 40.9. The molecule has 0 aromatic rings. The Bertz CT molecular complexity index is 1190. The zero-order valence-electron chi connectivity index (χ0n) is 35.0.